The zero-order valence-electron chi connectivity index (χ0n) is 10.3. The first-order valence-corrected chi connectivity index (χ1v) is 7.17. The fourth-order valence-electron chi connectivity index (χ4n) is 2.66. The van der Waals surface area contributed by atoms with E-state index in [1.165, 1.54) is 39.0 Å². The average molecular weight is 228 g/mol. The van der Waals surface area contributed by atoms with Crippen molar-refractivity contribution in [2.45, 2.75) is 43.2 Å². The molecule has 15 heavy (non-hydrogen) atoms. The molecular weight excluding hydrogens is 204 g/mol. The molecule has 2 heterocycles. The van der Waals surface area contributed by atoms with Crippen LogP contribution in [-0.4, -0.2) is 59.6 Å². The largest absolute Gasteiger partial charge is 0.303 e. The molecule has 2 fully saturated rings. The van der Waals surface area contributed by atoms with Crippen molar-refractivity contribution in [3.63, 3.8) is 0 Å². The molecule has 2 rings (SSSR count). The zero-order chi connectivity index (χ0) is 10.8. The molecule has 0 aromatic carbocycles. The van der Waals surface area contributed by atoms with Gasteiger partial charge in [0.25, 0.3) is 0 Å². The number of rotatable bonds is 3. The summed E-state index contributed by atoms with van der Waals surface area (Å²) in [4.78, 5) is 5.12. The number of hydrogen-bond acceptors (Lipinski definition) is 3. The molecular formula is C12H24N2S. The maximum absolute atomic E-state index is 2.71. The minimum absolute atomic E-state index is 0.802. The Morgan fingerprint density at radius 2 is 1.73 bits per heavy atom. The van der Waals surface area contributed by atoms with Crippen molar-refractivity contribution in [1.82, 2.24) is 9.80 Å². The van der Waals surface area contributed by atoms with E-state index in [2.05, 4.69) is 42.5 Å². The Labute approximate surface area is 98.4 Å². The van der Waals surface area contributed by atoms with Crippen LogP contribution < -0.4 is 0 Å². The van der Waals surface area contributed by atoms with E-state index in [9.17, 15) is 0 Å². The van der Waals surface area contributed by atoms with Crippen LogP contribution in [0, 0.1) is 0 Å². The molecule has 0 aliphatic carbocycles. The number of likely N-dealkylation sites (tertiary alicyclic amines) is 2. The number of hydrogen-bond donors (Lipinski definition) is 0. The van der Waals surface area contributed by atoms with Gasteiger partial charge < -0.3 is 4.90 Å². The summed E-state index contributed by atoms with van der Waals surface area (Å²) in [5.74, 6) is 0. The second kappa shape index (κ2) is 5.07. The predicted octanol–water partition coefficient (Wildman–Crippen LogP) is 1.91. The highest BCUT2D eigenvalue weighted by molar-refractivity contribution is 8.00. The van der Waals surface area contributed by atoms with E-state index in [1.54, 1.807) is 0 Å². The molecule has 0 spiro atoms. The van der Waals surface area contributed by atoms with E-state index in [0.717, 1.165) is 16.5 Å². The smallest absolute Gasteiger partial charge is 0.0350 e. The first-order chi connectivity index (χ1) is 7.15. The van der Waals surface area contributed by atoms with Crippen LogP contribution in [0.1, 0.15) is 26.7 Å². The number of likely N-dealkylation sites (N-methyl/N-ethyl adjacent to an activating group) is 1. The third kappa shape index (κ3) is 3.11. The maximum atomic E-state index is 2.71. The van der Waals surface area contributed by atoms with E-state index >= 15 is 0 Å². The topological polar surface area (TPSA) is 6.48 Å². The molecule has 3 heteroatoms. The molecule has 0 aromatic rings. The molecule has 0 unspecified atom stereocenters. The SMILES string of the molecule is CC(C)SC1CCN(C2CN(C)C2)CC1. The highest BCUT2D eigenvalue weighted by atomic mass is 32.2. The van der Waals surface area contributed by atoms with Crippen LogP contribution in [0.25, 0.3) is 0 Å². The minimum Gasteiger partial charge on any atom is -0.303 e. The molecule has 2 saturated heterocycles. The first-order valence-electron chi connectivity index (χ1n) is 6.23. The van der Waals surface area contributed by atoms with E-state index in [1.807, 2.05) is 0 Å². The maximum Gasteiger partial charge on any atom is 0.0350 e. The van der Waals surface area contributed by atoms with Gasteiger partial charge in [-0.3, -0.25) is 4.90 Å². The van der Waals surface area contributed by atoms with Crippen LogP contribution in [-0.2, 0) is 0 Å². The summed E-state index contributed by atoms with van der Waals surface area (Å²) < 4.78 is 0. The Kier molecular flexibility index (Phi) is 3.97. The number of nitrogens with zero attached hydrogens (tertiary/aromatic N) is 2. The first kappa shape index (κ1) is 11.7. The summed E-state index contributed by atoms with van der Waals surface area (Å²) in [5, 5.41) is 1.73. The Hall–Kier alpha value is 0.270. The van der Waals surface area contributed by atoms with Crippen molar-refractivity contribution in [1.29, 1.82) is 0 Å². The number of thioether (sulfide) groups is 1. The van der Waals surface area contributed by atoms with Gasteiger partial charge in [0.1, 0.15) is 0 Å². The van der Waals surface area contributed by atoms with Crippen LogP contribution in [0.5, 0.6) is 0 Å². The summed E-state index contributed by atoms with van der Waals surface area (Å²) in [6.07, 6.45) is 2.81. The highest BCUT2D eigenvalue weighted by Gasteiger charge is 2.31. The van der Waals surface area contributed by atoms with Crippen LogP contribution in [0.15, 0.2) is 0 Å². The van der Waals surface area contributed by atoms with Crippen molar-refractivity contribution in [3.05, 3.63) is 0 Å². The van der Waals surface area contributed by atoms with Gasteiger partial charge in [0, 0.05) is 24.4 Å². The predicted molar refractivity (Wildman–Crippen MR) is 68.6 cm³/mol. The van der Waals surface area contributed by atoms with Crippen molar-refractivity contribution in [2.24, 2.45) is 0 Å². The van der Waals surface area contributed by atoms with Gasteiger partial charge in [0.15, 0.2) is 0 Å². The lowest BCUT2D eigenvalue weighted by Gasteiger charge is -2.46. The van der Waals surface area contributed by atoms with Gasteiger partial charge in [-0.15, -0.1) is 0 Å². The summed E-state index contributed by atoms with van der Waals surface area (Å²) in [7, 11) is 2.22. The molecule has 0 saturated carbocycles. The molecule has 0 amide bonds. The van der Waals surface area contributed by atoms with E-state index in [4.69, 9.17) is 0 Å². The monoisotopic (exact) mass is 228 g/mol. The van der Waals surface area contributed by atoms with E-state index in [-0.39, 0.29) is 0 Å². The highest BCUT2D eigenvalue weighted by Crippen LogP contribution is 2.28. The molecule has 0 N–H and O–H groups in total. The van der Waals surface area contributed by atoms with Gasteiger partial charge in [-0.25, -0.2) is 0 Å². The molecule has 0 bridgehead atoms. The minimum atomic E-state index is 0.802. The van der Waals surface area contributed by atoms with Gasteiger partial charge in [-0.2, -0.15) is 11.8 Å². The normalized spacial score (nSPS) is 27.2. The van der Waals surface area contributed by atoms with Crippen LogP contribution in [0.2, 0.25) is 0 Å². The van der Waals surface area contributed by atoms with Crippen LogP contribution >= 0.6 is 11.8 Å². The quantitative estimate of drug-likeness (QED) is 0.728. The van der Waals surface area contributed by atoms with Crippen molar-refractivity contribution >= 4 is 11.8 Å². The van der Waals surface area contributed by atoms with Gasteiger partial charge in [0.05, 0.1) is 0 Å². The van der Waals surface area contributed by atoms with Gasteiger partial charge in [-0.05, 0) is 38.2 Å². The summed E-state index contributed by atoms with van der Waals surface area (Å²) in [6, 6.07) is 0.875. The Morgan fingerprint density at radius 3 is 2.20 bits per heavy atom. The van der Waals surface area contributed by atoms with E-state index in [0.29, 0.717) is 0 Å². The van der Waals surface area contributed by atoms with Gasteiger partial charge >= 0.3 is 0 Å². The molecule has 88 valence electrons. The van der Waals surface area contributed by atoms with Gasteiger partial charge in [0.2, 0.25) is 0 Å². The average Bonchev–Trinajstić information content (AvgIpc) is 2.14. The number of piperidine rings is 1. The molecule has 0 radical (unpaired) electrons. The Balaban J connectivity index is 1.68. The standard InChI is InChI=1S/C12H24N2S/c1-10(2)15-12-4-6-14(7-5-12)11-8-13(3)9-11/h10-12H,4-9H2,1-3H3. The van der Waals surface area contributed by atoms with Crippen molar-refractivity contribution < 1.29 is 0 Å². The summed E-state index contributed by atoms with van der Waals surface area (Å²) >= 11 is 2.18. The second-order valence-corrected chi connectivity index (χ2v) is 7.18. The van der Waals surface area contributed by atoms with Crippen molar-refractivity contribution in [2.75, 3.05) is 33.2 Å². The molecule has 2 nitrogen and oxygen atoms in total. The lowest BCUT2D eigenvalue weighted by Crippen LogP contribution is -2.59. The second-order valence-electron chi connectivity index (χ2n) is 5.30. The fraction of sp³-hybridized carbons (Fsp3) is 1.00. The van der Waals surface area contributed by atoms with Gasteiger partial charge in [-0.1, -0.05) is 13.8 Å². The van der Waals surface area contributed by atoms with Crippen LogP contribution in [0.3, 0.4) is 0 Å². The summed E-state index contributed by atoms with van der Waals surface area (Å²) in [5.41, 5.74) is 0. The molecule has 0 aromatic heterocycles. The third-order valence-corrected chi connectivity index (χ3v) is 4.90. The third-order valence-electron chi connectivity index (χ3n) is 3.50. The fourth-order valence-corrected chi connectivity index (χ4v) is 3.91. The lowest BCUT2D eigenvalue weighted by atomic mass is 10.0. The van der Waals surface area contributed by atoms with Crippen LogP contribution in [0.4, 0.5) is 0 Å². The molecule has 2 aliphatic rings. The summed E-state index contributed by atoms with van der Waals surface area (Å²) in [6.45, 7) is 9.89. The zero-order valence-corrected chi connectivity index (χ0v) is 11.1. The lowest BCUT2D eigenvalue weighted by molar-refractivity contribution is 0.0412. The molecule has 0 atom stereocenters. The molecule has 2 aliphatic heterocycles. The van der Waals surface area contributed by atoms with Crippen molar-refractivity contribution in [3.8, 4) is 0 Å². The van der Waals surface area contributed by atoms with E-state index < -0.39 is 0 Å². The Bertz CT molecular complexity index is 194. The Morgan fingerprint density at radius 1 is 1.13 bits per heavy atom.